The van der Waals surface area contributed by atoms with Crippen LogP contribution < -0.4 is 0 Å². The van der Waals surface area contributed by atoms with E-state index in [1.54, 1.807) is 6.07 Å². The van der Waals surface area contributed by atoms with Crippen LogP contribution in [0.2, 0.25) is 0 Å². The predicted octanol–water partition coefficient (Wildman–Crippen LogP) is 3.11. The molecule has 18 heavy (non-hydrogen) atoms. The lowest BCUT2D eigenvalue weighted by Gasteiger charge is -2.24. The van der Waals surface area contributed by atoms with E-state index >= 15 is 0 Å². The molecule has 0 heterocycles. The standard InChI is InChI=1S/C15H20O3/c1-9-7-12(16)11(14(2,3)4)8-10(9)15(5-6-15)13(17)18/h7-8,16H,5-6H2,1-4H3,(H,17,18). The van der Waals surface area contributed by atoms with Crippen LogP contribution in [0.1, 0.15) is 50.3 Å². The van der Waals surface area contributed by atoms with Crippen molar-refractivity contribution in [1.29, 1.82) is 0 Å². The summed E-state index contributed by atoms with van der Waals surface area (Å²) in [7, 11) is 0. The van der Waals surface area contributed by atoms with Gasteiger partial charge in [0.25, 0.3) is 0 Å². The predicted molar refractivity (Wildman–Crippen MR) is 70.1 cm³/mol. The number of aromatic hydroxyl groups is 1. The van der Waals surface area contributed by atoms with Crippen LogP contribution in [-0.4, -0.2) is 16.2 Å². The Kier molecular flexibility index (Phi) is 2.69. The van der Waals surface area contributed by atoms with Crippen molar-refractivity contribution in [2.45, 2.75) is 51.4 Å². The minimum atomic E-state index is -0.754. The van der Waals surface area contributed by atoms with Gasteiger partial charge in [-0.1, -0.05) is 26.8 Å². The fraction of sp³-hybridized carbons (Fsp3) is 0.533. The van der Waals surface area contributed by atoms with E-state index in [9.17, 15) is 15.0 Å². The highest BCUT2D eigenvalue weighted by Crippen LogP contribution is 2.51. The summed E-state index contributed by atoms with van der Waals surface area (Å²) in [5.74, 6) is -0.499. The minimum absolute atomic E-state index is 0.193. The molecule has 0 bridgehead atoms. The highest BCUT2D eigenvalue weighted by Gasteiger charge is 2.52. The number of carbonyl (C=O) groups is 1. The zero-order valence-electron chi connectivity index (χ0n) is 11.4. The lowest BCUT2D eigenvalue weighted by molar-refractivity contribution is -0.140. The number of phenols is 1. The van der Waals surface area contributed by atoms with Gasteiger partial charge in [-0.25, -0.2) is 0 Å². The third-order valence-electron chi connectivity index (χ3n) is 3.83. The quantitative estimate of drug-likeness (QED) is 0.845. The summed E-state index contributed by atoms with van der Waals surface area (Å²) in [6, 6.07) is 3.57. The van der Waals surface area contributed by atoms with Crippen LogP contribution in [0.25, 0.3) is 0 Å². The van der Waals surface area contributed by atoms with Gasteiger partial charge in [-0.3, -0.25) is 4.79 Å². The number of carboxylic acid groups (broad SMARTS) is 1. The van der Waals surface area contributed by atoms with Gasteiger partial charge in [0, 0.05) is 0 Å². The van der Waals surface area contributed by atoms with E-state index in [0.29, 0.717) is 12.8 Å². The summed E-state index contributed by atoms with van der Waals surface area (Å²) in [6.45, 7) is 7.91. The molecule has 3 nitrogen and oxygen atoms in total. The molecule has 1 aromatic rings. The Balaban J connectivity index is 2.60. The molecule has 2 rings (SSSR count). The van der Waals surface area contributed by atoms with Crippen molar-refractivity contribution in [3.05, 3.63) is 28.8 Å². The summed E-state index contributed by atoms with van der Waals surface area (Å²) in [6.07, 6.45) is 1.38. The summed E-state index contributed by atoms with van der Waals surface area (Å²) in [5.41, 5.74) is 1.63. The second kappa shape index (κ2) is 3.74. The van der Waals surface area contributed by atoms with E-state index < -0.39 is 11.4 Å². The second-order valence-electron chi connectivity index (χ2n) is 6.32. The van der Waals surface area contributed by atoms with E-state index in [1.165, 1.54) is 0 Å². The Morgan fingerprint density at radius 1 is 1.28 bits per heavy atom. The van der Waals surface area contributed by atoms with E-state index in [1.807, 2.05) is 33.8 Å². The molecule has 0 amide bonds. The first kappa shape index (κ1) is 12.9. The maximum Gasteiger partial charge on any atom is 0.314 e. The molecule has 0 spiro atoms. The van der Waals surface area contributed by atoms with Gasteiger partial charge in [0.2, 0.25) is 0 Å². The van der Waals surface area contributed by atoms with Crippen molar-refractivity contribution in [1.82, 2.24) is 0 Å². The zero-order valence-corrected chi connectivity index (χ0v) is 11.4. The van der Waals surface area contributed by atoms with Crippen LogP contribution in [-0.2, 0) is 15.6 Å². The van der Waals surface area contributed by atoms with Crippen molar-refractivity contribution in [2.24, 2.45) is 0 Å². The fourth-order valence-corrected chi connectivity index (χ4v) is 2.53. The molecule has 0 unspecified atom stereocenters. The summed E-state index contributed by atoms with van der Waals surface area (Å²) < 4.78 is 0. The molecule has 0 atom stereocenters. The van der Waals surface area contributed by atoms with Gasteiger partial charge >= 0.3 is 5.97 Å². The topological polar surface area (TPSA) is 57.5 Å². The SMILES string of the molecule is Cc1cc(O)c(C(C)(C)C)cc1C1(C(=O)O)CC1. The Labute approximate surface area is 107 Å². The van der Waals surface area contributed by atoms with Crippen molar-refractivity contribution in [2.75, 3.05) is 0 Å². The number of carboxylic acids is 1. The molecule has 2 N–H and O–H groups in total. The molecule has 0 aliphatic heterocycles. The number of hydrogen-bond donors (Lipinski definition) is 2. The molecule has 1 fully saturated rings. The van der Waals surface area contributed by atoms with Crippen LogP contribution >= 0.6 is 0 Å². The average molecular weight is 248 g/mol. The molecule has 1 saturated carbocycles. The number of hydrogen-bond acceptors (Lipinski definition) is 2. The van der Waals surface area contributed by atoms with Gasteiger partial charge in [0.1, 0.15) is 5.75 Å². The molecule has 98 valence electrons. The highest BCUT2D eigenvalue weighted by molar-refractivity contribution is 5.85. The first-order chi connectivity index (χ1) is 8.18. The number of phenolic OH excluding ortho intramolecular Hbond substituents is 1. The van der Waals surface area contributed by atoms with Crippen molar-refractivity contribution >= 4 is 5.97 Å². The average Bonchev–Trinajstić information content (AvgIpc) is 2.96. The Morgan fingerprint density at radius 3 is 2.22 bits per heavy atom. The van der Waals surface area contributed by atoms with Gasteiger partial charge in [-0.2, -0.15) is 0 Å². The number of aryl methyl sites for hydroxylation is 1. The molecular formula is C15H20O3. The fourth-order valence-electron chi connectivity index (χ4n) is 2.53. The van der Waals surface area contributed by atoms with Crippen LogP contribution in [0.3, 0.4) is 0 Å². The van der Waals surface area contributed by atoms with Crippen molar-refractivity contribution in [3.8, 4) is 5.75 Å². The molecule has 1 aromatic carbocycles. The number of aliphatic carboxylic acids is 1. The molecule has 3 heteroatoms. The minimum Gasteiger partial charge on any atom is -0.508 e. The third-order valence-corrected chi connectivity index (χ3v) is 3.83. The van der Waals surface area contributed by atoms with Crippen molar-refractivity contribution in [3.63, 3.8) is 0 Å². The highest BCUT2D eigenvalue weighted by atomic mass is 16.4. The van der Waals surface area contributed by atoms with Crippen molar-refractivity contribution < 1.29 is 15.0 Å². The smallest absolute Gasteiger partial charge is 0.314 e. The van der Waals surface area contributed by atoms with Crippen LogP contribution in [0.15, 0.2) is 12.1 Å². The Morgan fingerprint density at radius 2 is 1.83 bits per heavy atom. The molecule has 0 aromatic heterocycles. The first-order valence-electron chi connectivity index (χ1n) is 6.26. The number of benzene rings is 1. The van der Waals surface area contributed by atoms with E-state index in [2.05, 4.69) is 0 Å². The van der Waals surface area contributed by atoms with Gasteiger partial charge < -0.3 is 10.2 Å². The third kappa shape index (κ3) is 1.88. The van der Waals surface area contributed by atoms with Crippen LogP contribution in [0, 0.1) is 6.92 Å². The molecule has 0 saturated heterocycles. The number of rotatable bonds is 2. The second-order valence-corrected chi connectivity index (χ2v) is 6.32. The Bertz CT molecular complexity index is 505. The van der Waals surface area contributed by atoms with Gasteiger partial charge in [0.15, 0.2) is 0 Å². The van der Waals surface area contributed by atoms with Crippen LogP contribution in [0.5, 0.6) is 5.75 Å². The first-order valence-corrected chi connectivity index (χ1v) is 6.26. The summed E-state index contributed by atoms with van der Waals surface area (Å²) in [5, 5.41) is 19.4. The largest absolute Gasteiger partial charge is 0.508 e. The summed E-state index contributed by atoms with van der Waals surface area (Å²) in [4.78, 5) is 11.4. The monoisotopic (exact) mass is 248 g/mol. The van der Waals surface area contributed by atoms with E-state index in [4.69, 9.17) is 0 Å². The van der Waals surface area contributed by atoms with E-state index in [0.717, 1.165) is 16.7 Å². The summed E-state index contributed by atoms with van der Waals surface area (Å²) >= 11 is 0. The molecule has 1 aliphatic rings. The lowest BCUT2D eigenvalue weighted by atomic mass is 9.81. The maximum atomic E-state index is 11.4. The molecule has 1 aliphatic carbocycles. The van der Waals surface area contributed by atoms with Gasteiger partial charge in [-0.05, 0) is 47.9 Å². The van der Waals surface area contributed by atoms with Gasteiger partial charge in [-0.15, -0.1) is 0 Å². The van der Waals surface area contributed by atoms with Crippen LogP contribution in [0.4, 0.5) is 0 Å². The normalized spacial score (nSPS) is 17.6. The van der Waals surface area contributed by atoms with Gasteiger partial charge in [0.05, 0.1) is 5.41 Å². The zero-order chi connectivity index (χ0) is 13.7. The lowest BCUT2D eigenvalue weighted by Crippen LogP contribution is -2.22. The maximum absolute atomic E-state index is 11.4. The van der Waals surface area contributed by atoms with E-state index in [-0.39, 0.29) is 11.2 Å². The Hall–Kier alpha value is -1.51. The molecular weight excluding hydrogens is 228 g/mol. The molecule has 0 radical (unpaired) electrons.